The molecule has 10 nitrogen and oxygen atoms in total. The lowest BCUT2D eigenvalue weighted by Crippen LogP contribution is -2.59. The van der Waals surface area contributed by atoms with E-state index in [2.05, 4.69) is 16.0 Å². The molecule has 0 aromatic rings. The van der Waals surface area contributed by atoms with Gasteiger partial charge in [0.1, 0.15) is 18.1 Å². The molecule has 7 N–H and O–H groups in total. The fourth-order valence-corrected chi connectivity index (χ4v) is 3.11. The summed E-state index contributed by atoms with van der Waals surface area (Å²) in [7, 11) is 0. The van der Waals surface area contributed by atoms with Crippen molar-refractivity contribution >= 4 is 47.2 Å². The van der Waals surface area contributed by atoms with Gasteiger partial charge in [-0.1, -0.05) is 0 Å². The molecule has 0 aliphatic rings. The number of nitrogens with one attached hydrogen (secondary N) is 3. The van der Waals surface area contributed by atoms with Crippen LogP contribution < -0.4 is 21.7 Å². The Kier molecular flexibility index (Phi) is 13.7. The summed E-state index contributed by atoms with van der Waals surface area (Å²) in [5, 5.41) is 26.3. The van der Waals surface area contributed by atoms with Crippen LogP contribution in [-0.4, -0.2) is 88.7 Å². The molecule has 0 fully saturated rings. The van der Waals surface area contributed by atoms with Gasteiger partial charge in [0.2, 0.25) is 17.7 Å². The van der Waals surface area contributed by atoms with Gasteiger partial charge in [-0.2, -0.15) is 23.5 Å². The maximum absolute atomic E-state index is 12.5. The first-order valence-electron chi connectivity index (χ1n) is 8.66. The van der Waals surface area contributed by atoms with E-state index in [0.29, 0.717) is 17.9 Å². The Bertz CT molecular complexity index is 535. The molecule has 4 unspecified atom stereocenters. The summed E-state index contributed by atoms with van der Waals surface area (Å²) in [6.45, 7) is 1.01. The van der Waals surface area contributed by atoms with Crippen molar-refractivity contribution in [1.82, 2.24) is 16.0 Å². The van der Waals surface area contributed by atoms with Crippen LogP contribution in [0.4, 0.5) is 0 Å². The van der Waals surface area contributed by atoms with E-state index in [-0.39, 0.29) is 13.0 Å². The van der Waals surface area contributed by atoms with Crippen molar-refractivity contribution < 1.29 is 29.4 Å². The van der Waals surface area contributed by atoms with E-state index < -0.39 is 47.9 Å². The van der Waals surface area contributed by atoms with Gasteiger partial charge >= 0.3 is 5.97 Å². The van der Waals surface area contributed by atoms with Crippen LogP contribution in [0.2, 0.25) is 0 Å². The molecule has 0 saturated heterocycles. The van der Waals surface area contributed by atoms with Crippen LogP contribution in [-0.2, 0) is 19.2 Å². The van der Waals surface area contributed by atoms with Gasteiger partial charge in [0.15, 0.2) is 0 Å². The minimum Gasteiger partial charge on any atom is -0.480 e. The van der Waals surface area contributed by atoms with Crippen molar-refractivity contribution in [3.8, 4) is 0 Å². The zero-order chi connectivity index (χ0) is 21.7. The normalized spacial score (nSPS) is 15.0. The van der Waals surface area contributed by atoms with Crippen LogP contribution in [0.15, 0.2) is 0 Å². The zero-order valence-electron chi connectivity index (χ0n) is 16.3. The smallest absolute Gasteiger partial charge is 0.326 e. The molecule has 12 heteroatoms. The van der Waals surface area contributed by atoms with Crippen molar-refractivity contribution in [3.05, 3.63) is 0 Å². The van der Waals surface area contributed by atoms with Crippen molar-refractivity contribution in [3.63, 3.8) is 0 Å². The number of carbonyl (C=O) groups excluding carboxylic acids is 3. The number of rotatable bonds is 14. The summed E-state index contributed by atoms with van der Waals surface area (Å²) in [5.74, 6) is -2.11. The van der Waals surface area contributed by atoms with Crippen molar-refractivity contribution in [2.24, 2.45) is 5.73 Å². The number of aliphatic carboxylic acids is 1. The second kappa shape index (κ2) is 14.5. The zero-order valence-corrected chi connectivity index (χ0v) is 17.9. The van der Waals surface area contributed by atoms with Gasteiger partial charge < -0.3 is 31.9 Å². The largest absolute Gasteiger partial charge is 0.480 e. The predicted octanol–water partition coefficient (Wildman–Crippen LogP) is -1.63. The number of carbonyl (C=O) groups is 4. The molecule has 0 heterocycles. The molecule has 0 aliphatic heterocycles. The van der Waals surface area contributed by atoms with Crippen LogP contribution in [0.1, 0.15) is 19.8 Å². The highest BCUT2D eigenvalue weighted by molar-refractivity contribution is 7.98. The van der Waals surface area contributed by atoms with Gasteiger partial charge in [-0.25, -0.2) is 4.79 Å². The van der Waals surface area contributed by atoms with Crippen LogP contribution in [0.5, 0.6) is 0 Å². The summed E-state index contributed by atoms with van der Waals surface area (Å²) >= 11 is 2.91. The minimum absolute atomic E-state index is 0.200. The van der Waals surface area contributed by atoms with E-state index in [0.717, 1.165) is 0 Å². The molecule has 0 bridgehead atoms. The van der Waals surface area contributed by atoms with E-state index in [1.165, 1.54) is 30.4 Å². The van der Waals surface area contributed by atoms with Gasteiger partial charge in [0.05, 0.1) is 12.6 Å². The molecule has 3 amide bonds. The van der Waals surface area contributed by atoms with E-state index in [1.54, 1.807) is 0 Å². The molecule has 162 valence electrons. The highest BCUT2D eigenvalue weighted by Gasteiger charge is 2.31. The van der Waals surface area contributed by atoms with E-state index >= 15 is 0 Å². The van der Waals surface area contributed by atoms with Gasteiger partial charge in [0, 0.05) is 0 Å². The average Bonchev–Trinajstić information content (AvgIpc) is 2.65. The summed E-state index contributed by atoms with van der Waals surface area (Å²) in [5.41, 5.74) is 5.26. The summed E-state index contributed by atoms with van der Waals surface area (Å²) in [6.07, 6.45) is 2.88. The van der Waals surface area contributed by atoms with E-state index in [4.69, 9.17) is 5.73 Å². The molecular weight excluding hydrogens is 408 g/mol. The SMILES string of the molecule is CSCCC(NC(=O)C(NC(=O)C(CCSC)NC(=O)CN)C(C)O)C(=O)O. The third-order valence-corrected chi connectivity index (χ3v) is 5.02. The molecule has 0 saturated carbocycles. The lowest BCUT2D eigenvalue weighted by Gasteiger charge is -2.26. The number of hydrogen-bond donors (Lipinski definition) is 6. The fraction of sp³-hybridized carbons (Fsp3) is 0.750. The average molecular weight is 439 g/mol. The van der Waals surface area contributed by atoms with Crippen LogP contribution >= 0.6 is 23.5 Å². The summed E-state index contributed by atoms with van der Waals surface area (Å²) in [6, 6.07) is -3.43. The number of carboxylic acid groups (broad SMARTS) is 1. The third-order valence-electron chi connectivity index (χ3n) is 3.74. The van der Waals surface area contributed by atoms with Crippen LogP contribution in [0.25, 0.3) is 0 Å². The number of hydrogen-bond acceptors (Lipinski definition) is 8. The van der Waals surface area contributed by atoms with Gasteiger partial charge in [-0.05, 0) is 43.8 Å². The number of aliphatic hydroxyl groups excluding tert-OH is 1. The lowest BCUT2D eigenvalue weighted by atomic mass is 10.1. The Labute approximate surface area is 173 Å². The molecular formula is C16H30N4O6S2. The quantitative estimate of drug-likeness (QED) is 0.186. The Balaban J connectivity index is 5.16. The van der Waals surface area contributed by atoms with Gasteiger partial charge in [0.25, 0.3) is 0 Å². The predicted molar refractivity (Wildman–Crippen MR) is 110 cm³/mol. The van der Waals surface area contributed by atoms with E-state index in [9.17, 15) is 29.4 Å². The summed E-state index contributed by atoms with van der Waals surface area (Å²) < 4.78 is 0. The molecule has 0 rings (SSSR count). The molecule has 4 atom stereocenters. The first kappa shape index (κ1) is 26.5. The number of thioether (sulfide) groups is 2. The number of aliphatic hydroxyl groups is 1. The molecule has 28 heavy (non-hydrogen) atoms. The number of amides is 3. The maximum Gasteiger partial charge on any atom is 0.326 e. The van der Waals surface area contributed by atoms with Gasteiger partial charge in [-0.3, -0.25) is 14.4 Å². The second-order valence-corrected chi connectivity index (χ2v) is 7.98. The Morgan fingerprint density at radius 3 is 1.89 bits per heavy atom. The third kappa shape index (κ3) is 10.2. The number of carboxylic acids is 1. The Hall–Kier alpha value is -1.50. The molecule has 0 aliphatic carbocycles. The van der Waals surface area contributed by atoms with Crippen LogP contribution in [0, 0.1) is 0 Å². The Morgan fingerprint density at radius 2 is 1.46 bits per heavy atom. The van der Waals surface area contributed by atoms with Crippen molar-refractivity contribution in [2.75, 3.05) is 30.6 Å². The van der Waals surface area contributed by atoms with Crippen molar-refractivity contribution in [1.29, 1.82) is 0 Å². The highest BCUT2D eigenvalue weighted by Crippen LogP contribution is 2.05. The molecule has 0 aromatic heterocycles. The van der Waals surface area contributed by atoms with Crippen molar-refractivity contribution in [2.45, 2.75) is 44.0 Å². The standard InChI is InChI=1S/C16H30N4O6S2/c1-9(21)13(15(24)19-11(16(25)26)5-7-28-3)20-14(23)10(4-6-27-2)18-12(22)8-17/h9-11,13,21H,4-8,17H2,1-3H3,(H,18,22)(H,19,24)(H,20,23)(H,25,26). The highest BCUT2D eigenvalue weighted by atomic mass is 32.2. The topological polar surface area (TPSA) is 171 Å². The monoisotopic (exact) mass is 438 g/mol. The first-order chi connectivity index (χ1) is 13.2. The van der Waals surface area contributed by atoms with Gasteiger partial charge in [-0.15, -0.1) is 0 Å². The maximum atomic E-state index is 12.5. The molecule has 0 aromatic carbocycles. The van der Waals surface area contributed by atoms with Crippen LogP contribution in [0.3, 0.4) is 0 Å². The second-order valence-electron chi connectivity index (χ2n) is 6.01. The van der Waals surface area contributed by atoms with E-state index in [1.807, 2.05) is 12.5 Å². The minimum atomic E-state index is -1.37. The molecule has 0 radical (unpaired) electrons. The summed E-state index contributed by atoms with van der Waals surface area (Å²) in [4.78, 5) is 47.8. The molecule has 0 spiro atoms. The Morgan fingerprint density at radius 1 is 0.929 bits per heavy atom. The number of nitrogens with two attached hydrogens (primary N) is 1. The lowest BCUT2D eigenvalue weighted by molar-refractivity contribution is -0.143. The fourth-order valence-electron chi connectivity index (χ4n) is 2.17. The first-order valence-corrected chi connectivity index (χ1v) is 11.5.